The van der Waals surface area contributed by atoms with Crippen molar-refractivity contribution in [2.75, 3.05) is 0 Å². The van der Waals surface area contributed by atoms with E-state index in [9.17, 15) is 14.7 Å². The monoisotopic (exact) mass is 369 g/mol. The second-order valence-electron chi connectivity index (χ2n) is 7.52. The highest BCUT2D eigenvalue weighted by molar-refractivity contribution is 7.12. The minimum absolute atomic E-state index is 0.254. The van der Waals surface area contributed by atoms with Gasteiger partial charge in [0.1, 0.15) is 5.54 Å². The van der Waals surface area contributed by atoms with E-state index in [1.54, 1.807) is 11.3 Å². The van der Waals surface area contributed by atoms with E-state index in [0.717, 1.165) is 52.1 Å². The fraction of sp³-hybridized carbons (Fsp3) is 0.429. The Hall–Kier alpha value is -2.14. The number of nitrogens with one attached hydrogen (secondary N) is 1. The summed E-state index contributed by atoms with van der Waals surface area (Å²) in [5.41, 5.74) is 3.94. The van der Waals surface area contributed by atoms with Crippen molar-refractivity contribution in [1.29, 1.82) is 0 Å². The lowest BCUT2D eigenvalue weighted by Gasteiger charge is -2.27. The highest BCUT2D eigenvalue weighted by Gasteiger charge is 2.47. The summed E-state index contributed by atoms with van der Waals surface area (Å²) < 4.78 is 0. The van der Waals surface area contributed by atoms with E-state index in [2.05, 4.69) is 11.4 Å². The Balaban J connectivity index is 1.66. The lowest BCUT2D eigenvalue weighted by atomic mass is 9.87. The number of benzene rings is 1. The maximum Gasteiger partial charge on any atom is 0.330 e. The van der Waals surface area contributed by atoms with Gasteiger partial charge in [0.05, 0.1) is 0 Å². The van der Waals surface area contributed by atoms with Crippen molar-refractivity contribution >= 4 is 23.2 Å². The predicted molar refractivity (Wildman–Crippen MR) is 102 cm³/mol. The van der Waals surface area contributed by atoms with Gasteiger partial charge in [-0.3, -0.25) is 4.79 Å². The number of rotatable bonds is 3. The van der Waals surface area contributed by atoms with Gasteiger partial charge >= 0.3 is 5.97 Å². The summed E-state index contributed by atoms with van der Waals surface area (Å²) in [5.74, 6) is -1.20. The number of carboxylic acid groups (broad SMARTS) is 1. The molecule has 0 radical (unpaired) electrons. The van der Waals surface area contributed by atoms with Gasteiger partial charge in [-0.1, -0.05) is 12.1 Å². The molecule has 2 aliphatic rings. The van der Waals surface area contributed by atoms with Gasteiger partial charge in [-0.2, -0.15) is 0 Å². The van der Waals surface area contributed by atoms with E-state index in [-0.39, 0.29) is 5.91 Å². The lowest BCUT2D eigenvalue weighted by Crippen LogP contribution is -2.55. The number of carbonyl (C=O) groups is 2. The minimum atomic E-state index is -1.23. The van der Waals surface area contributed by atoms with E-state index in [1.807, 2.05) is 26.0 Å². The molecule has 4 rings (SSSR count). The smallest absolute Gasteiger partial charge is 0.330 e. The van der Waals surface area contributed by atoms with Crippen LogP contribution in [0.15, 0.2) is 18.2 Å². The largest absolute Gasteiger partial charge is 0.479 e. The molecule has 0 unspecified atom stereocenters. The number of amides is 1. The summed E-state index contributed by atoms with van der Waals surface area (Å²) in [6.45, 7) is 4.06. The van der Waals surface area contributed by atoms with E-state index >= 15 is 0 Å². The molecular formula is C21H23NO3S. The maximum atomic E-state index is 13.1. The summed E-state index contributed by atoms with van der Waals surface area (Å²) >= 11 is 1.71. The van der Waals surface area contributed by atoms with Crippen LogP contribution in [-0.2, 0) is 30.5 Å². The van der Waals surface area contributed by atoms with Crippen LogP contribution >= 0.6 is 11.3 Å². The number of carboxylic acids is 1. The van der Waals surface area contributed by atoms with Gasteiger partial charge in [0, 0.05) is 28.2 Å². The van der Waals surface area contributed by atoms with Crippen molar-refractivity contribution in [3.63, 3.8) is 0 Å². The topological polar surface area (TPSA) is 66.4 Å². The van der Waals surface area contributed by atoms with Crippen molar-refractivity contribution in [2.24, 2.45) is 0 Å². The minimum Gasteiger partial charge on any atom is -0.479 e. The Morgan fingerprint density at radius 2 is 1.69 bits per heavy atom. The zero-order valence-corrected chi connectivity index (χ0v) is 16.0. The SMILES string of the molecule is Cc1sc(C)c2c1CC(NC(=O)c1cccc3c1CCCC3)(C(=O)O)C2. The van der Waals surface area contributed by atoms with E-state index in [0.29, 0.717) is 18.4 Å². The van der Waals surface area contributed by atoms with Gasteiger partial charge in [0.25, 0.3) is 5.91 Å². The van der Waals surface area contributed by atoms with Gasteiger partial charge < -0.3 is 10.4 Å². The molecule has 0 spiro atoms. The molecule has 5 heteroatoms. The third-order valence-electron chi connectivity index (χ3n) is 5.88. The molecule has 1 amide bonds. The normalized spacial score (nSPS) is 17.5. The number of hydrogen-bond acceptors (Lipinski definition) is 3. The first-order valence-electron chi connectivity index (χ1n) is 9.16. The molecule has 136 valence electrons. The Kier molecular flexibility index (Phi) is 4.14. The second kappa shape index (κ2) is 6.23. The molecule has 0 aliphatic heterocycles. The number of thiophene rings is 1. The van der Waals surface area contributed by atoms with Gasteiger partial charge in [0.15, 0.2) is 0 Å². The molecule has 1 aromatic heterocycles. The summed E-state index contributed by atoms with van der Waals surface area (Å²) in [5, 5.41) is 12.9. The fourth-order valence-electron chi connectivity index (χ4n) is 4.48. The summed E-state index contributed by atoms with van der Waals surface area (Å²) in [6.07, 6.45) is 4.86. The second-order valence-corrected chi connectivity index (χ2v) is 8.95. The first-order chi connectivity index (χ1) is 12.4. The molecule has 0 saturated heterocycles. The van der Waals surface area contributed by atoms with Crippen LogP contribution < -0.4 is 5.32 Å². The van der Waals surface area contributed by atoms with Gasteiger partial charge in [-0.15, -0.1) is 11.3 Å². The molecule has 0 fully saturated rings. The number of fused-ring (bicyclic) bond motifs is 2. The molecule has 4 nitrogen and oxygen atoms in total. The average Bonchev–Trinajstić information content (AvgIpc) is 3.13. The number of aryl methyl sites for hydroxylation is 3. The van der Waals surface area contributed by atoms with Gasteiger partial charge in [-0.05, 0) is 67.9 Å². The molecule has 26 heavy (non-hydrogen) atoms. The molecule has 1 heterocycles. The van der Waals surface area contributed by atoms with Crippen LogP contribution in [0.3, 0.4) is 0 Å². The first-order valence-corrected chi connectivity index (χ1v) is 9.97. The molecule has 1 aromatic carbocycles. The molecule has 2 aromatic rings. The Bertz CT molecular complexity index is 886. The van der Waals surface area contributed by atoms with Gasteiger partial charge in [-0.25, -0.2) is 4.79 Å². The highest BCUT2D eigenvalue weighted by Crippen LogP contribution is 2.39. The number of carbonyl (C=O) groups excluding carboxylic acids is 1. The predicted octanol–water partition coefficient (Wildman–Crippen LogP) is 3.60. The van der Waals surface area contributed by atoms with Crippen LogP contribution in [-0.4, -0.2) is 22.5 Å². The standard InChI is InChI=1S/C21H23NO3S/c1-12-17-10-21(20(24)25,11-18(17)13(2)26-12)22-19(23)16-9-5-7-14-6-3-4-8-15(14)16/h5,7,9H,3-4,6,8,10-11H2,1-2H3,(H,22,23)(H,24,25). The van der Waals surface area contributed by atoms with E-state index in [4.69, 9.17) is 0 Å². The molecule has 0 bridgehead atoms. The van der Waals surface area contributed by atoms with Gasteiger partial charge in [0.2, 0.25) is 0 Å². The summed E-state index contributed by atoms with van der Waals surface area (Å²) in [6, 6.07) is 5.82. The Morgan fingerprint density at radius 1 is 1.04 bits per heavy atom. The quantitative estimate of drug-likeness (QED) is 0.869. The van der Waals surface area contributed by atoms with E-state index < -0.39 is 11.5 Å². The first kappa shape index (κ1) is 17.3. The third kappa shape index (κ3) is 2.65. The Labute approximate surface area is 157 Å². The van der Waals surface area contributed by atoms with Crippen LogP contribution in [0.5, 0.6) is 0 Å². The van der Waals surface area contributed by atoms with Crippen molar-refractivity contribution in [3.05, 3.63) is 55.8 Å². The van der Waals surface area contributed by atoms with Crippen LogP contribution in [0.25, 0.3) is 0 Å². The number of aliphatic carboxylic acids is 1. The molecule has 0 saturated carbocycles. The molecule has 0 atom stereocenters. The zero-order valence-electron chi connectivity index (χ0n) is 15.1. The van der Waals surface area contributed by atoms with Crippen LogP contribution in [0.4, 0.5) is 0 Å². The van der Waals surface area contributed by atoms with Crippen molar-refractivity contribution < 1.29 is 14.7 Å². The van der Waals surface area contributed by atoms with Crippen molar-refractivity contribution in [3.8, 4) is 0 Å². The summed E-state index contributed by atoms with van der Waals surface area (Å²) in [7, 11) is 0. The molecular weight excluding hydrogens is 346 g/mol. The van der Waals surface area contributed by atoms with Crippen molar-refractivity contribution in [1.82, 2.24) is 5.32 Å². The molecule has 2 N–H and O–H groups in total. The maximum absolute atomic E-state index is 13.1. The zero-order chi connectivity index (χ0) is 18.5. The van der Waals surface area contributed by atoms with Crippen LogP contribution in [0.2, 0.25) is 0 Å². The lowest BCUT2D eigenvalue weighted by molar-refractivity contribution is -0.144. The van der Waals surface area contributed by atoms with Crippen LogP contribution in [0.1, 0.15) is 55.2 Å². The van der Waals surface area contributed by atoms with Crippen molar-refractivity contribution in [2.45, 2.75) is 57.9 Å². The molecule has 2 aliphatic carbocycles. The summed E-state index contributed by atoms with van der Waals surface area (Å²) in [4.78, 5) is 27.5. The fourth-order valence-corrected chi connectivity index (χ4v) is 5.57. The third-order valence-corrected chi connectivity index (χ3v) is 6.99. The highest BCUT2D eigenvalue weighted by atomic mass is 32.1. The van der Waals surface area contributed by atoms with E-state index in [1.165, 1.54) is 5.56 Å². The Morgan fingerprint density at radius 3 is 2.35 bits per heavy atom. The average molecular weight is 369 g/mol. The number of hydrogen-bond donors (Lipinski definition) is 2. The van der Waals surface area contributed by atoms with Crippen LogP contribution in [0, 0.1) is 13.8 Å².